The number of hydrogen-bond acceptors (Lipinski definition) is 8. The average Bonchev–Trinajstić information content (AvgIpc) is 3.29. The van der Waals surface area contributed by atoms with E-state index in [1.165, 1.54) is 56.4 Å². The topological polar surface area (TPSA) is 112 Å². The summed E-state index contributed by atoms with van der Waals surface area (Å²) in [6, 6.07) is 10.5. The Balaban J connectivity index is 1.93. The first kappa shape index (κ1) is 28.2. The molecule has 0 radical (unpaired) electrons. The van der Waals surface area contributed by atoms with Gasteiger partial charge in [0, 0.05) is 18.2 Å². The smallest absolute Gasteiger partial charge is 0.417 e. The fourth-order valence-corrected chi connectivity index (χ4v) is 4.12. The predicted octanol–water partition coefficient (Wildman–Crippen LogP) is 5.31. The van der Waals surface area contributed by atoms with Crippen LogP contribution in [0.1, 0.15) is 47.1 Å². The first-order valence-electron chi connectivity index (χ1n) is 12.3. The maximum Gasteiger partial charge on any atom is 0.417 e. The van der Waals surface area contributed by atoms with Crippen LogP contribution in [0.25, 0.3) is 27.9 Å². The summed E-state index contributed by atoms with van der Waals surface area (Å²) in [5.74, 6) is -1.38. The van der Waals surface area contributed by atoms with Crippen molar-refractivity contribution in [3.05, 3.63) is 71.2 Å². The van der Waals surface area contributed by atoms with E-state index < -0.39 is 29.4 Å². The molecule has 11 heteroatoms. The summed E-state index contributed by atoms with van der Waals surface area (Å²) in [6.07, 6.45) is 0.690. The van der Waals surface area contributed by atoms with Gasteiger partial charge in [0.05, 0.1) is 26.0 Å². The van der Waals surface area contributed by atoms with Crippen LogP contribution >= 0.6 is 0 Å². The Hall–Kier alpha value is -4.80. The number of esters is 1. The minimum absolute atomic E-state index is 0.0636. The normalized spacial score (nSPS) is 11.3. The van der Waals surface area contributed by atoms with Crippen LogP contribution in [-0.2, 0) is 9.47 Å². The molecule has 2 heterocycles. The molecular weight excluding hydrogens is 519 g/mol. The molecule has 208 valence electrons. The van der Waals surface area contributed by atoms with Gasteiger partial charge in [-0.15, -0.1) is 5.10 Å². The molecule has 0 unspecified atom stereocenters. The Labute approximate surface area is 230 Å². The largest absolute Gasteiger partial charge is 0.496 e. The van der Waals surface area contributed by atoms with Crippen molar-refractivity contribution in [3.8, 4) is 28.1 Å². The lowest BCUT2D eigenvalue weighted by Gasteiger charge is -2.23. The van der Waals surface area contributed by atoms with Gasteiger partial charge in [0.2, 0.25) is 0 Å². The maximum absolute atomic E-state index is 13.8. The monoisotopic (exact) mass is 548 g/mol. The van der Waals surface area contributed by atoms with E-state index in [9.17, 15) is 18.8 Å². The van der Waals surface area contributed by atoms with Crippen LogP contribution in [0.2, 0.25) is 0 Å². The summed E-state index contributed by atoms with van der Waals surface area (Å²) in [4.78, 5) is 39.8. The number of nitrogens with zero attached hydrogens (tertiary/aromatic N) is 4. The second kappa shape index (κ2) is 10.8. The molecule has 2 aromatic heterocycles. The number of carbonyl (C=O) groups excluding carboxylic acids is 3. The summed E-state index contributed by atoms with van der Waals surface area (Å²) in [7, 11) is 4.04. The Bertz CT molecular complexity index is 1620. The lowest BCUT2D eigenvalue weighted by Crippen LogP contribution is -2.38. The highest BCUT2D eigenvalue weighted by molar-refractivity contribution is 6.11. The Morgan fingerprint density at radius 1 is 1.00 bits per heavy atom. The van der Waals surface area contributed by atoms with Crippen LogP contribution in [-0.4, -0.2) is 64.6 Å². The number of hydrogen-bond donors (Lipinski definition) is 0. The van der Waals surface area contributed by atoms with E-state index in [1.54, 1.807) is 39.0 Å². The van der Waals surface area contributed by atoms with Gasteiger partial charge in [-0.1, -0.05) is 0 Å². The minimum Gasteiger partial charge on any atom is -0.496 e. The second-order valence-corrected chi connectivity index (χ2v) is 10.1. The van der Waals surface area contributed by atoms with Crippen molar-refractivity contribution in [2.24, 2.45) is 0 Å². The van der Waals surface area contributed by atoms with Crippen molar-refractivity contribution in [2.75, 3.05) is 21.3 Å². The molecule has 4 rings (SSSR count). The van der Waals surface area contributed by atoms with Gasteiger partial charge in [-0.3, -0.25) is 4.79 Å². The Morgan fingerprint density at radius 3 is 2.27 bits per heavy atom. The number of fused-ring (bicyclic) bond motifs is 1. The fraction of sp³-hybridized carbons (Fsp3) is 0.276. The highest BCUT2D eigenvalue weighted by Crippen LogP contribution is 2.34. The van der Waals surface area contributed by atoms with E-state index in [0.29, 0.717) is 22.4 Å². The summed E-state index contributed by atoms with van der Waals surface area (Å²) in [5, 5.41) is 8.89. The zero-order chi connectivity index (χ0) is 29.4. The molecule has 0 bridgehead atoms. The fourth-order valence-electron chi connectivity index (χ4n) is 4.12. The SMILES string of the molecule is COC(=O)c1cc(-c2cnn3nc(-c4ccc(F)cc4)c(C(=O)N(C)C(=O)OC(C)(C)C)c3c2)c(C)cc1OC. The molecule has 0 fully saturated rings. The number of halogens is 1. The van der Waals surface area contributed by atoms with Crippen molar-refractivity contribution in [3.63, 3.8) is 0 Å². The molecule has 0 saturated carbocycles. The third kappa shape index (κ3) is 5.49. The van der Waals surface area contributed by atoms with Crippen LogP contribution in [0, 0.1) is 12.7 Å². The lowest BCUT2D eigenvalue weighted by molar-refractivity contribution is 0.0285. The van der Waals surface area contributed by atoms with Crippen molar-refractivity contribution in [2.45, 2.75) is 33.3 Å². The highest BCUT2D eigenvalue weighted by atomic mass is 19.1. The summed E-state index contributed by atoms with van der Waals surface area (Å²) >= 11 is 0. The van der Waals surface area contributed by atoms with E-state index >= 15 is 0 Å². The van der Waals surface area contributed by atoms with Gasteiger partial charge in [-0.05, 0) is 81.3 Å². The predicted molar refractivity (Wildman–Crippen MR) is 145 cm³/mol. The number of carbonyl (C=O) groups is 3. The van der Waals surface area contributed by atoms with Crippen molar-refractivity contribution < 1.29 is 33.0 Å². The molecule has 10 nitrogen and oxygen atoms in total. The zero-order valence-corrected chi connectivity index (χ0v) is 23.2. The standard InChI is InChI=1S/C29H29FN4O6/c1-16-12-23(38-6)21(27(36)39-7)14-20(16)18-13-22-24(26(35)33(5)28(37)40-29(2,3)4)25(32-34(22)31-15-18)17-8-10-19(30)11-9-17/h8-15H,1-7H3. The van der Waals surface area contributed by atoms with E-state index in [0.717, 1.165) is 10.5 Å². The summed E-state index contributed by atoms with van der Waals surface area (Å²) < 4.78 is 30.6. The van der Waals surface area contributed by atoms with Gasteiger partial charge in [-0.25, -0.2) is 18.9 Å². The molecule has 0 spiro atoms. The number of amides is 2. The highest BCUT2D eigenvalue weighted by Gasteiger charge is 2.30. The van der Waals surface area contributed by atoms with Crippen molar-refractivity contribution >= 4 is 23.5 Å². The molecule has 2 aromatic carbocycles. The zero-order valence-electron chi connectivity index (χ0n) is 23.2. The van der Waals surface area contributed by atoms with Crippen LogP contribution in [0.5, 0.6) is 5.75 Å². The first-order valence-corrected chi connectivity index (χ1v) is 12.3. The minimum atomic E-state index is -0.847. The number of aromatic nitrogens is 3. The van der Waals surface area contributed by atoms with Crippen molar-refractivity contribution in [1.82, 2.24) is 19.7 Å². The van der Waals surface area contributed by atoms with E-state index in [4.69, 9.17) is 14.2 Å². The molecule has 0 aliphatic heterocycles. The molecule has 0 atom stereocenters. The second-order valence-electron chi connectivity index (χ2n) is 10.1. The number of imide groups is 1. The van der Waals surface area contributed by atoms with Crippen LogP contribution in [0.3, 0.4) is 0 Å². The summed E-state index contributed by atoms with van der Waals surface area (Å²) in [6.45, 7) is 6.92. The van der Waals surface area contributed by atoms with Gasteiger partial charge in [0.15, 0.2) is 0 Å². The Morgan fingerprint density at radius 2 is 1.68 bits per heavy atom. The van der Waals surface area contributed by atoms with E-state index in [1.807, 2.05) is 6.92 Å². The van der Waals surface area contributed by atoms with Gasteiger partial charge >= 0.3 is 12.1 Å². The van der Waals surface area contributed by atoms with Gasteiger partial charge in [-0.2, -0.15) is 9.73 Å². The molecule has 0 saturated heterocycles. The maximum atomic E-state index is 13.8. The van der Waals surface area contributed by atoms with Crippen molar-refractivity contribution in [1.29, 1.82) is 0 Å². The van der Waals surface area contributed by atoms with E-state index in [-0.39, 0.29) is 22.3 Å². The lowest BCUT2D eigenvalue weighted by atomic mass is 9.97. The molecular formula is C29H29FN4O6. The molecule has 4 aromatic rings. The number of aryl methyl sites for hydroxylation is 1. The quantitative estimate of drug-likeness (QED) is 0.308. The number of methoxy groups -OCH3 is 2. The van der Waals surface area contributed by atoms with E-state index in [2.05, 4.69) is 10.2 Å². The average molecular weight is 549 g/mol. The number of ether oxygens (including phenoxy) is 3. The third-order valence-electron chi connectivity index (χ3n) is 6.07. The molecule has 2 amide bonds. The van der Waals surface area contributed by atoms with Crippen LogP contribution in [0.15, 0.2) is 48.7 Å². The summed E-state index contributed by atoms with van der Waals surface area (Å²) in [5.41, 5.74) is 2.36. The molecule has 40 heavy (non-hydrogen) atoms. The molecule has 0 aliphatic carbocycles. The molecule has 0 N–H and O–H groups in total. The molecule has 0 aliphatic rings. The van der Waals surface area contributed by atoms with Gasteiger partial charge < -0.3 is 14.2 Å². The van der Waals surface area contributed by atoms with Crippen LogP contribution in [0.4, 0.5) is 9.18 Å². The van der Waals surface area contributed by atoms with Gasteiger partial charge in [0.25, 0.3) is 5.91 Å². The van der Waals surface area contributed by atoms with Gasteiger partial charge in [0.1, 0.15) is 33.9 Å². The number of rotatable bonds is 5. The van der Waals surface area contributed by atoms with Crippen LogP contribution < -0.4 is 4.74 Å². The Kier molecular flexibility index (Phi) is 7.59. The number of benzene rings is 2. The third-order valence-corrected chi connectivity index (χ3v) is 6.07. The first-order chi connectivity index (χ1) is 18.8.